The lowest BCUT2D eigenvalue weighted by atomic mass is 9.85. The van der Waals surface area contributed by atoms with Crippen LogP contribution in [0.2, 0.25) is 0 Å². The molecule has 3 rings (SSSR count). The Morgan fingerprint density at radius 1 is 1.05 bits per heavy atom. The molecule has 0 amide bonds. The Bertz CT molecular complexity index is 274. The minimum absolute atomic E-state index is 0.550. The molecule has 3 nitrogen and oxygen atoms in total. The third-order valence-electron chi connectivity index (χ3n) is 5.43. The number of nitrogens with zero attached hydrogens (tertiary/aromatic N) is 1. The first-order valence-corrected chi connectivity index (χ1v) is 8.49. The lowest BCUT2D eigenvalue weighted by molar-refractivity contribution is -0.107. The Labute approximate surface area is 118 Å². The summed E-state index contributed by atoms with van der Waals surface area (Å²) in [4.78, 5) is 2.83. The van der Waals surface area contributed by atoms with E-state index in [1.165, 1.54) is 57.9 Å². The van der Waals surface area contributed by atoms with E-state index >= 15 is 0 Å². The summed E-state index contributed by atoms with van der Waals surface area (Å²) in [6.45, 7) is 5.49. The Hall–Kier alpha value is -0.120. The standard InChI is InChI=1S/C16H30N2O/c1-2-17-13-7-9-14(10-8-13)18-11-12-19-16-6-4-3-5-15(16)18/h13-17H,2-12H2,1H3. The molecular formula is C16H30N2O. The summed E-state index contributed by atoms with van der Waals surface area (Å²) in [7, 11) is 0. The number of hydrogen-bond donors (Lipinski definition) is 1. The number of morpholine rings is 1. The molecule has 3 heteroatoms. The van der Waals surface area contributed by atoms with Crippen LogP contribution >= 0.6 is 0 Å². The molecule has 2 unspecified atom stereocenters. The zero-order chi connectivity index (χ0) is 13.1. The minimum atomic E-state index is 0.550. The van der Waals surface area contributed by atoms with Gasteiger partial charge in [0.05, 0.1) is 12.7 Å². The van der Waals surface area contributed by atoms with E-state index in [9.17, 15) is 0 Å². The number of nitrogens with one attached hydrogen (secondary N) is 1. The molecule has 3 fully saturated rings. The van der Waals surface area contributed by atoms with Gasteiger partial charge in [-0.15, -0.1) is 0 Å². The highest BCUT2D eigenvalue weighted by molar-refractivity contribution is 4.92. The molecule has 110 valence electrons. The second-order valence-electron chi connectivity index (χ2n) is 6.56. The van der Waals surface area contributed by atoms with Crippen molar-refractivity contribution >= 4 is 0 Å². The average Bonchev–Trinajstić information content (AvgIpc) is 2.48. The molecule has 1 saturated heterocycles. The van der Waals surface area contributed by atoms with E-state index in [0.717, 1.165) is 31.3 Å². The molecule has 2 aliphatic carbocycles. The summed E-state index contributed by atoms with van der Waals surface area (Å²) < 4.78 is 6.01. The molecule has 1 heterocycles. The number of ether oxygens (including phenoxy) is 1. The van der Waals surface area contributed by atoms with Gasteiger partial charge in [-0.05, 0) is 45.1 Å². The van der Waals surface area contributed by atoms with Crippen LogP contribution in [-0.4, -0.2) is 48.8 Å². The Balaban J connectivity index is 1.56. The van der Waals surface area contributed by atoms with Crippen LogP contribution in [0.25, 0.3) is 0 Å². The maximum atomic E-state index is 6.01. The SMILES string of the molecule is CCNC1CCC(N2CCOC3CCCCC32)CC1. The summed E-state index contributed by atoms with van der Waals surface area (Å²) >= 11 is 0. The maximum Gasteiger partial charge on any atom is 0.0731 e. The molecule has 3 aliphatic rings. The Morgan fingerprint density at radius 2 is 1.84 bits per heavy atom. The highest BCUT2D eigenvalue weighted by atomic mass is 16.5. The fourth-order valence-electron chi connectivity index (χ4n) is 4.48. The normalized spacial score (nSPS) is 40.9. The van der Waals surface area contributed by atoms with Crippen LogP contribution in [-0.2, 0) is 4.74 Å². The molecule has 0 aromatic carbocycles. The zero-order valence-corrected chi connectivity index (χ0v) is 12.4. The van der Waals surface area contributed by atoms with Crippen molar-refractivity contribution in [3.8, 4) is 0 Å². The van der Waals surface area contributed by atoms with Crippen molar-refractivity contribution in [2.75, 3.05) is 19.7 Å². The molecule has 0 aromatic rings. The van der Waals surface area contributed by atoms with Crippen molar-refractivity contribution in [2.24, 2.45) is 0 Å². The van der Waals surface area contributed by atoms with E-state index < -0.39 is 0 Å². The van der Waals surface area contributed by atoms with E-state index in [0.29, 0.717) is 6.10 Å². The predicted molar refractivity (Wildman–Crippen MR) is 78.4 cm³/mol. The predicted octanol–water partition coefficient (Wildman–Crippen LogP) is 2.55. The van der Waals surface area contributed by atoms with Crippen molar-refractivity contribution in [3.05, 3.63) is 0 Å². The summed E-state index contributed by atoms with van der Waals surface area (Å²) in [5.41, 5.74) is 0. The molecular weight excluding hydrogens is 236 g/mol. The third-order valence-corrected chi connectivity index (χ3v) is 5.43. The van der Waals surface area contributed by atoms with Gasteiger partial charge in [-0.3, -0.25) is 4.90 Å². The molecule has 0 bridgehead atoms. The molecule has 0 aromatic heterocycles. The fourth-order valence-corrected chi connectivity index (χ4v) is 4.48. The zero-order valence-electron chi connectivity index (χ0n) is 12.4. The van der Waals surface area contributed by atoms with Gasteiger partial charge in [0.15, 0.2) is 0 Å². The number of fused-ring (bicyclic) bond motifs is 1. The summed E-state index contributed by atoms with van der Waals surface area (Å²) in [5.74, 6) is 0. The van der Waals surface area contributed by atoms with Crippen molar-refractivity contribution in [1.29, 1.82) is 0 Å². The lowest BCUT2D eigenvalue weighted by Crippen LogP contribution is -2.57. The van der Waals surface area contributed by atoms with Gasteiger partial charge < -0.3 is 10.1 Å². The molecule has 1 aliphatic heterocycles. The van der Waals surface area contributed by atoms with Gasteiger partial charge in [0.2, 0.25) is 0 Å². The van der Waals surface area contributed by atoms with Gasteiger partial charge in [0.1, 0.15) is 0 Å². The Morgan fingerprint density at radius 3 is 2.63 bits per heavy atom. The molecule has 0 spiro atoms. The second-order valence-corrected chi connectivity index (χ2v) is 6.56. The van der Waals surface area contributed by atoms with Crippen LogP contribution in [0.5, 0.6) is 0 Å². The fraction of sp³-hybridized carbons (Fsp3) is 1.00. The highest BCUT2D eigenvalue weighted by Gasteiger charge is 2.38. The van der Waals surface area contributed by atoms with E-state index in [-0.39, 0.29) is 0 Å². The summed E-state index contributed by atoms with van der Waals surface area (Å²) in [5, 5.41) is 3.62. The van der Waals surface area contributed by atoms with Crippen LogP contribution in [0.4, 0.5) is 0 Å². The maximum absolute atomic E-state index is 6.01. The van der Waals surface area contributed by atoms with Crippen molar-refractivity contribution in [3.63, 3.8) is 0 Å². The molecule has 0 radical (unpaired) electrons. The van der Waals surface area contributed by atoms with Crippen molar-refractivity contribution in [1.82, 2.24) is 10.2 Å². The van der Waals surface area contributed by atoms with E-state index in [2.05, 4.69) is 17.1 Å². The molecule has 2 saturated carbocycles. The summed E-state index contributed by atoms with van der Waals surface area (Å²) in [6, 6.07) is 2.36. The van der Waals surface area contributed by atoms with Crippen LogP contribution in [0.15, 0.2) is 0 Å². The number of rotatable bonds is 3. The highest BCUT2D eigenvalue weighted by Crippen LogP contribution is 2.33. The first-order chi connectivity index (χ1) is 9.38. The monoisotopic (exact) mass is 266 g/mol. The first-order valence-electron chi connectivity index (χ1n) is 8.49. The minimum Gasteiger partial charge on any atom is -0.375 e. The van der Waals surface area contributed by atoms with Gasteiger partial charge in [-0.25, -0.2) is 0 Å². The molecule has 2 atom stereocenters. The quantitative estimate of drug-likeness (QED) is 0.849. The van der Waals surface area contributed by atoms with Gasteiger partial charge >= 0.3 is 0 Å². The Kier molecular flexibility index (Phi) is 4.78. The van der Waals surface area contributed by atoms with E-state index in [4.69, 9.17) is 4.74 Å². The van der Waals surface area contributed by atoms with Crippen LogP contribution < -0.4 is 5.32 Å². The third kappa shape index (κ3) is 3.14. The van der Waals surface area contributed by atoms with Gasteiger partial charge in [0.25, 0.3) is 0 Å². The molecule has 1 N–H and O–H groups in total. The topological polar surface area (TPSA) is 24.5 Å². The smallest absolute Gasteiger partial charge is 0.0731 e. The largest absolute Gasteiger partial charge is 0.375 e. The second kappa shape index (κ2) is 6.55. The average molecular weight is 266 g/mol. The van der Waals surface area contributed by atoms with Crippen molar-refractivity contribution in [2.45, 2.75) is 82.5 Å². The first kappa shape index (κ1) is 13.8. The van der Waals surface area contributed by atoms with Crippen LogP contribution in [0, 0.1) is 0 Å². The van der Waals surface area contributed by atoms with Gasteiger partial charge in [-0.2, -0.15) is 0 Å². The van der Waals surface area contributed by atoms with Crippen molar-refractivity contribution < 1.29 is 4.74 Å². The van der Waals surface area contributed by atoms with Crippen LogP contribution in [0.1, 0.15) is 58.3 Å². The summed E-state index contributed by atoms with van der Waals surface area (Å²) in [6.07, 6.45) is 11.5. The van der Waals surface area contributed by atoms with E-state index in [1.807, 2.05) is 0 Å². The molecule has 19 heavy (non-hydrogen) atoms. The van der Waals surface area contributed by atoms with Crippen LogP contribution in [0.3, 0.4) is 0 Å². The number of hydrogen-bond acceptors (Lipinski definition) is 3. The van der Waals surface area contributed by atoms with Gasteiger partial charge in [0, 0.05) is 24.7 Å². The lowest BCUT2D eigenvalue weighted by Gasteiger charge is -2.49. The van der Waals surface area contributed by atoms with E-state index in [1.54, 1.807) is 0 Å². The van der Waals surface area contributed by atoms with Gasteiger partial charge in [-0.1, -0.05) is 19.8 Å².